The molecule has 2 aromatic heterocycles. The highest BCUT2D eigenvalue weighted by atomic mass is 32.1. The Hall–Kier alpha value is -2.90. The Kier molecular flexibility index (Phi) is 6.30. The van der Waals surface area contributed by atoms with Gasteiger partial charge in [-0.15, -0.1) is 0 Å². The van der Waals surface area contributed by atoms with Crippen LogP contribution in [0.15, 0.2) is 53.2 Å². The van der Waals surface area contributed by atoms with E-state index in [1.54, 1.807) is 23.5 Å². The summed E-state index contributed by atoms with van der Waals surface area (Å²) in [5.74, 6) is 1.11. The molecular weight excluding hydrogens is 396 g/mol. The number of nitrogens with one attached hydrogen (secondary N) is 1. The Morgan fingerprint density at radius 1 is 1.10 bits per heavy atom. The number of pyridine rings is 1. The number of aromatic hydroxyl groups is 1. The van der Waals surface area contributed by atoms with E-state index in [0.29, 0.717) is 13.0 Å². The van der Waals surface area contributed by atoms with Crippen LogP contribution in [0, 0.1) is 0 Å². The zero-order valence-corrected chi connectivity index (χ0v) is 17.9. The molecule has 0 aliphatic carbocycles. The molecule has 0 atom stereocenters. The lowest BCUT2D eigenvalue weighted by Gasteiger charge is -2.32. The van der Waals surface area contributed by atoms with Crippen molar-refractivity contribution in [1.82, 2.24) is 14.8 Å². The van der Waals surface area contributed by atoms with E-state index in [4.69, 9.17) is 4.98 Å². The molecule has 3 heterocycles. The van der Waals surface area contributed by atoms with Crippen molar-refractivity contribution in [3.05, 3.63) is 53.2 Å². The van der Waals surface area contributed by atoms with E-state index >= 15 is 0 Å². The van der Waals surface area contributed by atoms with Crippen LogP contribution in [0.2, 0.25) is 0 Å². The number of thiophene rings is 1. The van der Waals surface area contributed by atoms with Crippen LogP contribution in [0.25, 0.3) is 22.4 Å². The Balaban J connectivity index is 1.49. The fraction of sp³-hybridized carbons (Fsp3) is 0.304. The molecule has 0 unspecified atom stereocenters. The number of hydrogen-bond donors (Lipinski definition) is 2. The number of anilines is 1. The van der Waals surface area contributed by atoms with Crippen molar-refractivity contribution in [2.45, 2.75) is 6.42 Å². The number of likely N-dealkylation sites (N-methyl/N-ethyl adjacent to an activating group) is 1. The third-order valence-electron chi connectivity index (χ3n) is 5.32. The Labute approximate surface area is 180 Å². The van der Waals surface area contributed by atoms with Gasteiger partial charge in [0.1, 0.15) is 11.6 Å². The maximum atomic E-state index is 12.5. The van der Waals surface area contributed by atoms with Gasteiger partial charge in [-0.1, -0.05) is 12.1 Å². The minimum atomic E-state index is 0.179. The van der Waals surface area contributed by atoms with Gasteiger partial charge in [0.2, 0.25) is 5.91 Å². The van der Waals surface area contributed by atoms with Crippen LogP contribution in [0.5, 0.6) is 5.75 Å². The van der Waals surface area contributed by atoms with Gasteiger partial charge in [0.05, 0.1) is 5.69 Å². The number of carbonyl (C=O) groups excluding carboxylic acids is 1. The van der Waals surface area contributed by atoms with Crippen molar-refractivity contribution < 1.29 is 9.90 Å². The molecule has 3 aromatic rings. The molecule has 1 fully saturated rings. The van der Waals surface area contributed by atoms with Crippen LogP contribution in [-0.2, 0) is 4.79 Å². The number of phenols is 1. The Morgan fingerprint density at radius 3 is 2.67 bits per heavy atom. The molecule has 1 aromatic carbocycles. The van der Waals surface area contributed by atoms with Crippen LogP contribution in [0.4, 0.5) is 5.82 Å². The van der Waals surface area contributed by atoms with Crippen LogP contribution < -0.4 is 5.32 Å². The van der Waals surface area contributed by atoms with Crippen LogP contribution in [0.1, 0.15) is 6.42 Å². The minimum absolute atomic E-state index is 0.179. The van der Waals surface area contributed by atoms with Gasteiger partial charge >= 0.3 is 0 Å². The zero-order valence-electron chi connectivity index (χ0n) is 17.0. The monoisotopic (exact) mass is 422 g/mol. The van der Waals surface area contributed by atoms with Crippen molar-refractivity contribution in [1.29, 1.82) is 0 Å². The highest BCUT2D eigenvalue weighted by Crippen LogP contribution is 2.30. The predicted octanol–water partition coefficient (Wildman–Crippen LogP) is 3.76. The smallest absolute Gasteiger partial charge is 0.224 e. The second-order valence-electron chi connectivity index (χ2n) is 7.55. The van der Waals surface area contributed by atoms with Crippen LogP contribution in [-0.4, -0.2) is 65.6 Å². The van der Waals surface area contributed by atoms with E-state index in [1.165, 1.54) is 0 Å². The second kappa shape index (κ2) is 9.28. The molecule has 0 spiro atoms. The summed E-state index contributed by atoms with van der Waals surface area (Å²) in [6.07, 6.45) is 0.440. The van der Waals surface area contributed by atoms with Gasteiger partial charge in [0.15, 0.2) is 0 Å². The van der Waals surface area contributed by atoms with Crippen molar-refractivity contribution in [2.24, 2.45) is 0 Å². The van der Waals surface area contributed by atoms with Gasteiger partial charge in [-0.05, 0) is 59.3 Å². The normalized spacial score (nSPS) is 14.6. The fourth-order valence-electron chi connectivity index (χ4n) is 3.54. The van der Waals surface area contributed by atoms with Gasteiger partial charge in [0.25, 0.3) is 0 Å². The summed E-state index contributed by atoms with van der Waals surface area (Å²) in [6.45, 7) is 3.98. The molecule has 1 aliphatic heterocycles. The molecule has 7 heteroatoms. The van der Waals surface area contributed by atoms with E-state index in [2.05, 4.69) is 28.7 Å². The minimum Gasteiger partial charge on any atom is -0.508 e. The lowest BCUT2D eigenvalue weighted by Crippen LogP contribution is -2.47. The average Bonchev–Trinajstić information content (AvgIpc) is 3.29. The van der Waals surface area contributed by atoms with E-state index in [-0.39, 0.29) is 11.7 Å². The van der Waals surface area contributed by atoms with Gasteiger partial charge in [0, 0.05) is 44.7 Å². The summed E-state index contributed by atoms with van der Waals surface area (Å²) in [5.41, 5.74) is 3.81. The zero-order chi connectivity index (χ0) is 20.9. The number of phenolic OH excluding ortho intramolecular Hbond substituents is 1. The number of aromatic nitrogens is 1. The molecule has 30 heavy (non-hydrogen) atoms. The molecule has 4 rings (SSSR count). The first-order valence-corrected chi connectivity index (χ1v) is 11.1. The van der Waals surface area contributed by atoms with Gasteiger partial charge in [-0.2, -0.15) is 11.3 Å². The molecular formula is C23H26N4O2S. The van der Waals surface area contributed by atoms with Gasteiger partial charge in [-0.3, -0.25) is 4.79 Å². The number of benzene rings is 1. The molecule has 1 aliphatic rings. The average molecular weight is 423 g/mol. The number of piperazine rings is 1. The fourth-order valence-corrected chi connectivity index (χ4v) is 4.21. The van der Waals surface area contributed by atoms with Crippen molar-refractivity contribution in [3.8, 4) is 28.1 Å². The first kappa shape index (κ1) is 20.4. The molecule has 1 saturated heterocycles. The number of amides is 1. The summed E-state index contributed by atoms with van der Waals surface area (Å²) in [4.78, 5) is 21.4. The summed E-state index contributed by atoms with van der Waals surface area (Å²) < 4.78 is 0. The molecule has 1 amide bonds. The molecule has 6 nitrogen and oxygen atoms in total. The van der Waals surface area contributed by atoms with E-state index in [9.17, 15) is 9.90 Å². The Morgan fingerprint density at radius 2 is 1.93 bits per heavy atom. The topological polar surface area (TPSA) is 68.7 Å². The standard InChI is InChI=1S/C23H26N4O2S/c1-26-8-10-27(11-9-26)23(29)5-7-24-22-15-19(18-6-12-30-16-18)14-21(25-22)17-3-2-4-20(28)13-17/h2-4,6,12-16,28H,5,7-11H2,1H3,(H,24,25). The number of carbonyl (C=O) groups is 1. The molecule has 0 radical (unpaired) electrons. The maximum Gasteiger partial charge on any atom is 0.224 e. The quantitative estimate of drug-likeness (QED) is 0.633. The van der Waals surface area contributed by atoms with Gasteiger partial charge in [-0.25, -0.2) is 4.98 Å². The maximum absolute atomic E-state index is 12.5. The first-order chi connectivity index (χ1) is 14.6. The molecule has 2 N–H and O–H groups in total. The first-order valence-electron chi connectivity index (χ1n) is 10.1. The third kappa shape index (κ3) is 4.98. The predicted molar refractivity (Wildman–Crippen MR) is 122 cm³/mol. The molecule has 0 bridgehead atoms. The number of nitrogens with zero attached hydrogens (tertiary/aromatic N) is 3. The summed E-state index contributed by atoms with van der Waals surface area (Å²) >= 11 is 1.65. The highest BCUT2D eigenvalue weighted by Gasteiger charge is 2.18. The highest BCUT2D eigenvalue weighted by molar-refractivity contribution is 7.08. The van der Waals surface area contributed by atoms with E-state index in [0.717, 1.165) is 54.4 Å². The number of hydrogen-bond acceptors (Lipinski definition) is 6. The van der Waals surface area contributed by atoms with Crippen LogP contribution in [0.3, 0.4) is 0 Å². The number of rotatable bonds is 6. The Bertz CT molecular complexity index is 998. The molecule has 0 saturated carbocycles. The SMILES string of the molecule is CN1CCN(C(=O)CCNc2cc(-c3ccsc3)cc(-c3cccc(O)c3)n2)CC1. The van der Waals surface area contributed by atoms with E-state index in [1.807, 2.05) is 34.5 Å². The van der Waals surface area contributed by atoms with Gasteiger partial charge < -0.3 is 20.2 Å². The lowest BCUT2D eigenvalue weighted by atomic mass is 10.1. The van der Waals surface area contributed by atoms with Crippen molar-refractivity contribution >= 4 is 23.1 Å². The summed E-state index contributed by atoms with van der Waals surface area (Å²) in [7, 11) is 2.08. The van der Waals surface area contributed by atoms with Crippen LogP contribution >= 0.6 is 11.3 Å². The van der Waals surface area contributed by atoms with Crippen molar-refractivity contribution in [3.63, 3.8) is 0 Å². The lowest BCUT2D eigenvalue weighted by molar-refractivity contribution is -0.132. The van der Waals surface area contributed by atoms with E-state index < -0.39 is 0 Å². The largest absolute Gasteiger partial charge is 0.508 e. The second-order valence-corrected chi connectivity index (χ2v) is 8.33. The third-order valence-corrected chi connectivity index (χ3v) is 6.01. The molecule has 156 valence electrons. The summed E-state index contributed by atoms with van der Waals surface area (Å²) in [6, 6.07) is 13.2. The summed E-state index contributed by atoms with van der Waals surface area (Å²) in [5, 5.41) is 17.3. The van der Waals surface area contributed by atoms with Crippen molar-refractivity contribution in [2.75, 3.05) is 45.1 Å².